The van der Waals surface area contributed by atoms with E-state index in [2.05, 4.69) is 22.3 Å². The molecule has 1 fully saturated rings. The molecule has 2 amide bonds. The van der Waals surface area contributed by atoms with E-state index in [1.54, 1.807) is 18.9 Å². The predicted octanol–water partition coefficient (Wildman–Crippen LogP) is 3.77. The van der Waals surface area contributed by atoms with Crippen LogP contribution in [-0.2, 0) is 0 Å². The van der Waals surface area contributed by atoms with E-state index in [9.17, 15) is 4.79 Å². The van der Waals surface area contributed by atoms with E-state index in [0.717, 1.165) is 35.1 Å². The topological polar surface area (TPSA) is 44.8 Å². The van der Waals surface area contributed by atoms with E-state index < -0.39 is 0 Å². The molecule has 1 saturated heterocycles. The minimum absolute atomic E-state index is 0.0316. The minimum atomic E-state index is -0.0316. The molecule has 0 aromatic heterocycles. The highest BCUT2D eigenvalue weighted by atomic mass is 32.2. The number of piperazine rings is 1. The number of rotatable bonds is 4. The smallest absolute Gasteiger partial charge is 0.321 e. The molecule has 1 aliphatic rings. The van der Waals surface area contributed by atoms with Gasteiger partial charge in [0.15, 0.2) is 0 Å². The van der Waals surface area contributed by atoms with Crippen molar-refractivity contribution in [1.82, 2.24) is 4.90 Å². The van der Waals surface area contributed by atoms with Crippen LogP contribution in [0.2, 0.25) is 0 Å². The Morgan fingerprint density at radius 2 is 1.72 bits per heavy atom. The Hall–Kier alpha value is -2.34. The molecule has 0 saturated carbocycles. The number of anilines is 2. The van der Waals surface area contributed by atoms with Crippen LogP contribution in [0.15, 0.2) is 53.4 Å². The lowest BCUT2D eigenvalue weighted by Crippen LogP contribution is -2.50. The van der Waals surface area contributed by atoms with E-state index in [1.807, 2.05) is 47.6 Å². The number of benzene rings is 2. The van der Waals surface area contributed by atoms with E-state index in [0.29, 0.717) is 13.1 Å². The van der Waals surface area contributed by atoms with Crippen molar-refractivity contribution in [3.63, 3.8) is 0 Å². The molecule has 2 aromatic carbocycles. The van der Waals surface area contributed by atoms with Gasteiger partial charge in [0.25, 0.3) is 0 Å². The fourth-order valence-corrected chi connectivity index (χ4v) is 3.46. The van der Waals surface area contributed by atoms with Crippen molar-refractivity contribution >= 4 is 29.2 Å². The second-order valence-electron chi connectivity index (χ2n) is 5.80. The molecule has 5 nitrogen and oxygen atoms in total. The molecule has 1 aliphatic heterocycles. The number of thioether (sulfide) groups is 1. The fraction of sp³-hybridized carbons (Fsp3) is 0.316. The van der Waals surface area contributed by atoms with Crippen molar-refractivity contribution < 1.29 is 9.53 Å². The van der Waals surface area contributed by atoms with E-state index in [1.165, 1.54) is 0 Å². The fourth-order valence-electron chi connectivity index (χ4n) is 2.90. The summed E-state index contributed by atoms with van der Waals surface area (Å²) < 4.78 is 5.20. The highest BCUT2D eigenvalue weighted by Crippen LogP contribution is 2.25. The number of hydrogen-bond donors (Lipinski definition) is 1. The van der Waals surface area contributed by atoms with Gasteiger partial charge in [-0.2, -0.15) is 0 Å². The lowest BCUT2D eigenvalue weighted by atomic mass is 10.2. The van der Waals surface area contributed by atoms with Crippen LogP contribution in [0.25, 0.3) is 0 Å². The van der Waals surface area contributed by atoms with Gasteiger partial charge in [0.2, 0.25) is 0 Å². The molecule has 2 aromatic rings. The molecular formula is C19H23N3O2S. The van der Waals surface area contributed by atoms with Gasteiger partial charge in [-0.05, 0) is 42.7 Å². The van der Waals surface area contributed by atoms with E-state index in [-0.39, 0.29) is 6.03 Å². The van der Waals surface area contributed by atoms with Crippen LogP contribution in [0.4, 0.5) is 16.2 Å². The van der Waals surface area contributed by atoms with Crippen molar-refractivity contribution in [3.05, 3.63) is 48.5 Å². The second kappa shape index (κ2) is 8.16. The standard InChI is InChI=1S/C19H23N3O2S/c1-24-16-9-7-15(8-10-16)21-11-13-22(14-12-21)19(23)20-17-5-3-4-6-18(17)25-2/h3-10H,11-14H2,1-2H3,(H,20,23). The van der Waals surface area contributed by atoms with Gasteiger partial charge in [-0.15, -0.1) is 11.8 Å². The molecule has 0 spiro atoms. The lowest BCUT2D eigenvalue weighted by Gasteiger charge is -2.36. The Balaban J connectivity index is 1.57. The number of carbonyl (C=O) groups excluding carboxylic acids is 1. The molecule has 0 bridgehead atoms. The maximum atomic E-state index is 12.5. The predicted molar refractivity (Wildman–Crippen MR) is 104 cm³/mol. The summed E-state index contributed by atoms with van der Waals surface area (Å²) in [5.74, 6) is 0.856. The number of ether oxygens (including phenoxy) is 1. The maximum absolute atomic E-state index is 12.5. The highest BCUT2D eigenvalue weighted by molar-refractivity contribution is 7.98. The minimum Gasteiger partial charge on any atom is -0.497 e. The number of hydrogen-bond acceptors (Lipinski definition) is 4. The summed E-state index contributed by atoms with van der Waals surface area (Å²) in [6.07, 6.45) is 2.01. The number of nitrogens with one attached hydrogen (secondary N) is 1. The van der Waals surface area contributed by atoms with Crippen LogP contribution < -0.4 is 15.0 Å². The largest absolute Gasteiger partial charge is 0.497 e. The molecular weight excluding hydrogens is 334 g/mol. The van der Waals surface area contributed by atoms with Gasteiger partial charge in [-0.25, -0.2) is 4.79 Å². The number of methoxy groups -OCH3 is 1. The zero-order valence-corrected chi connectivity index (χ0v) is 15.4. The molecule has 25 heavy (non-hydrogen) atoms. The zero-order chi connectivity index (χ0) is 17.6. The second-order valence-corrected chi connectivity index (χ2v) is 6.65. The summed E-state index contributed by atoms with van der Waals surface area (Å²) >= 11 is 1.63. The molecule has 3 rings (SSSR count). The molecule has 1 heterocycles. The number of urea groups is 1. The molecule has 0 radical (unpaired) electrons. The Kier molecular flexibility index (Phi) is 5.71. The third-order valence-electron chi connectivity index (χ3n) is 4.35. The lowest BCUT2D eigenvalue weighted by molar-refractivity contribution is 0.208. The van der Waals surface area contributed by atoms with Crippen LogP contribution in [0, 0.1) is 0 Å². The maximum Gasteiger partial charge on any atom is 0.321 e. The Morgan fingerprint density at radius 1 is 1.04 bits per heavy atom. The monoisotopic (exact) mass is 357 g/mol. The van der Waals surface area contributed by atoms with Crippen molar-refractivity contribution in [1.29, 1.82) is 0 Å². The van der Waals surface area contributed by atoms with Gasteiger partial charge in [0.1, 0.15) is 5.75 Å². The summed E-state index contributed by atoms with van der Waals surface area (Å²) in [7, 11) is 1.67. The quantitative estimate of drug-likeness (QED) is 0.846. The summed E-state index contributed by atoms with van der Waals surface area (Å²) in [5.41, 5.74) is 2.03. The Labute approximate surface area is 153 Å². The van der Waals surface area contributed by atoms with Gasteiger partial charge < -0.3 is 19.9 Å². The average Bonchev–Trinajstić information content (AvgIpc) is 2.68. The number of amides is 2. The van der Waals surface area contributed by atoms with Crippen molar-refractivity contribution in [3.8, 4) is 5.75 Å². The normalized spacial score (nSPS) is 14.3. The molecule has 1 N–H and O–H groups in total. The van der Waals surface area contributed by atoms with Crippen molar-refractivity contribution in [2.24, 2.45) is 0 Å². The first-order valence-electron chi connectivity index (χ1n) is 8.29. The van der Waals surface area contributed by atoms with Gasteiger partial charge in [0, 0.05) is 36.8 Å². The van der Waals surface area contributed by atoms with Crippen molar-refractivity contribution in [2.75, 3.05) is 49.8 Å². The molecule has 0 atom stereocenters. The SMILES string of the molecule is COc1ccc(N2CCN(C(=O)Nc3ccccc3SC)CC2)cc1. The van der Waals surface area contributed by atoms with Crippen LogP contribution in [0.1, 0.15) is 0 Å². The summed E-state index contributed by atoms with van der Waals surface area (Å²) in [4.78, 5) is 17.8. The van der Waals surface area contributed by atoms with Crippen LogP contribution in [0.3, 0.4) is 0 Å². The Morgan fingerprint density at radius 3 is 2.36 bits per heavy atom. The van der Waals surface area contributed by atoms with Crippen molar-refractivity contribution in [2.45, 2.75) is 4.90 Å². The summed E-state index contributed by atoms with van der Waals surface area (Å²) in [6, 6.07) is 15.9. The third-order valence-corrected chi connectivity index (χ3v) is 5.15. The van der Waals surface area contributed by atoms with Crippen LogP contribution in [-0.4, -0.2) is 50.5 Å². The zero-order valence-electron chi connectivity index (χ0n) is 14.6. The molecule has 0 aliphatic carbocycles. The number of carbonyl (C=O) groups is 1. The number of para-hydroxylation sites is 1. The Bertz CT molecular complexity index is 713. The average molecular weight is 357 g/mol. The van der Waals surface area contributed by atoms with Gasteiger partial charge in [-0.1, -0.05) is 12.1 Å². The first-order chi connectivity index (χ1) is 12.2. The number of nitrogens with zero attached hydrogens (tertiary/aromatic N) is 2. The first kappa shape index (κ1) is 17.5. The molecule has 6 heteroatoms. The molecule has 0 unspecified atom stereocenters. The van der Waals surface area contributed by atoms with Gasteiger partial charge >= 0.3 is 6.03 Å². The van der Waals surface area contributed by atoms with Gasteiger partial charge in [0.05, 0.1) is 12.8 Å². The van der Waals surface area contributed by atoms with E-state index in [4.69, 9.17) is 4.74 Å². The van der Waals surface area contributed by atoms with Crippen LogP contribution >= 0.6 is 11.8 Å². The summed E-state index contributed by atoms with van der Waals surface area (Å²) in [6.45, 7) is 3.06. The molecule has 132 valence electrons. The van der Waals surface area contributed by atoms with E-state index >= 15 is 0 Å². The van der Waals surface area contributed by atoms with Crippen LogP contribution in [0.5, 0.6) is 5.75 Å². The highest BCUT2D eigenvalue weighted by Gasteiger charge is 2.21. The van der Waals surface area contributed by atoms with Gasteiger partial charge in [-0.3, -0.25) is 0 Å². The summed E-state index contributed by atoms with van der Waals surface area (Å²) in [5, 5.41) is 3.03. The first-order valence-corrected chi connectivity index (χ1v) is 9.51. The third kappa shape index (κ3) is 4.20.